The summed E-state index contributed by atoms with van der Waals surface area (Å²) in [5, 5.41) is 9.76. The number of aromatic hydroxyl groups is 1. The van der Waals surface area contributed by atoms with Gasteiger partial charge in [-0.15, -0.1) is 0 Å². The maximum absolute atomic E-state index is 13.3. The first-order chi connectivity index (χ1) is 9.83. The summed E-state index contributed by atoms with van der Waals surface area (Å²) in [4.78, 5) is -0.149. The van der Waals surface area contributed by atoms with Gasteiger partial charge in [0.15, 0.2) is 0 Å². The molecule has 2 N–H and O–H groups in total. The zero-order valence-corrected chi connectivity index (χ0v) is 12.5. The van der Waals surface area contributed by atoms with E-state index in [9.17, 15) is 17.9 Å². The maximum atomic E-state index is 13.3. The lowest BCUT2D eigenvalue weighted by molar-refractivity contribution is 0.477. The summed E-state index contributed by atoms with van der Waals surface area (Å²) in [7, 11) is -3.96. The Morgan fingerprint density at radius 2 is 1.90 bits per heavy atom. The SMILES string of the molecule is CCc1ccc(O)c(NS(=O)(=O)c2cc(F)ccc2C)c1. The van der Waals surface area contributed by atoms with Crippen LogP contribution in [0.25, 0.3) is 0 Å². The number of sulfonamides is 1. The molecule has 0 heterocycles. The number of anilines is 1. The van der Waals surface area contributed by atoms with Gasteiger partial charge in [0.1, 0.15) is 11.6 Å². The number of halogens is 1. The Bertz CT molecular complexity index is 772. The van der Waals surface area contributed by atoms with Crippen LogP contribution >= 0.6 is 0 Å². The van der Waals surface area contributed by atoms with Gasteiger partial charge in [-0.1, -0.05) is 19.1 Å². The topological polar surface area (TPSA) is 66.4 Å². The third-order valence-electron chi connectivity index (χ3n) is 3.15. The van der Waals surface area contributed by atoms with Gasteiger partial charge in [0.05, 0.1) is 10.6 Å². The van der Waals surface area contributed by atoms with E-state index in [2.05, 4.69) is 4.72 Å². The number of benzene rings is 2. The van der Waals surface area contributed by atoms with Gasteiger partial charge < -0.3 is 5.11 Å². The molecule has 0 saturated carbocycles. The van der Waals surface area contributed by atoms with Crippen molar-refractivity contribution in [1.29, 1.82) is 0 Å². The van der Waals surface area contributed by atoms with Crippen LogP contribution in [0.3, 0.4) is 0 Å². The smallest absolute Gasteiger partial charge is 0.262 e. The molecule has 0 bridgehead atoms. The Labute approximate surface area is 123 Å². The largest absolute Gasteiger partial charge is 0.506 e. The molecular weight excluding hydrogens is 293 g/mol. The lowest BCUT2D eigenvalue weighted by atomic mass is 10.1. The standard InChI is InChI=1S/C15H16FNO3S/c1-3-11-5-7-14(18)13(8-11)17-21(19,20)15-9-12(16)6-4-10(15)2/h4-9,17-18H,3H2,1-2H3. The van der Waals surface area contributed by atoms with Crippen molar-refractivity contribution in [3.63, 3.8) is 0 Å². The molecule has 2 rings (SSSR count). The Hall–Kier alpha value is -2.08. The van der Waals surface area contributed by atoms with Crippen LogP contribution in [0.4, 0.5) is 10.1 Å². The molecule has 0 aromatic heterocycles. The molecule has 0 atom stereocenters. The minimum atomic E-state index is -3.96. The van der Waals surface area contributed by atoms with E-state index in [4.69, 9.17) is 0 Å². The van der Waals surface area contributed by atoms with E-state index < -0.39 is 15.8 Å². The maximum Gasteiger partial charge on any atom is 0.262 e. The summed E-state index contributed by atoms with van der Waals surface area (Å²) < 4.78 is 40.2. The summed E-state index contributed by atoms with van der Waals surface area (Å²) in [5.74, 6) is -0.808. The predicted octanol–water partition coefficient (Wildman–Crippen LogP) is 3.20. The van der Waals surface area contributed by atoms with E-state index in [0.29, 0.717) is 12.0 Å². The lowest BCUT2D eigenvalue weighted by Gasteiger charge is -2.12. The van der Waals surface area contributed by atoms with Gasteiger partial charge in [-0.25, -0.2) is 12.8 Å². The van der Waals surface area contributed by atoms with Crippen molar-refractivity contribution in [2.24, 2.45) is 0 Å². The fraction of sp³-hybridized carbons (Fsp3) is 0.200. The summed E-state index contributed by atoms with van der Waals surface area (Å²) >= 11 is 0. The minimum absolute atomic E-state index is 0.0815. The van der Waals surface area contributed by atoms with Crippen molar-refractivity contribution < 1.29 is 17.9 Å². The second kappa shape index (κ2) is 5.73. The van der Waals surface area contributed by atoms with Crippen LogP contribution in [-0.2, 0) is 16.4 Å². The molecular formula is C15H16FNO3S. The third-order valence-corrected chi connectivity index (χ3v) is 4.66. The highest BCUT2D eigenvalue weighted by molar-refractivity contribution is 7.92. The van der Waals surface area contributed by atoms with Crippen LogP contribution in [0.5, 0.6) is 5.75 Å². The molecule has 2 aromatic carbocycles. The molecule has 0 radical (unpaired) electrons. The van der Waals surface area contributed by atoms with Crippen LogP contribution in [0, 0.1) is 12.7 Å². The first kappa shape index (κ1) is 15.3. The van der Waals surface area contributed by atoms with E-state index in [-0.39, 0.29) is 16.3 Å². The first-order valence-electron chi connectivity index (χ1n) is 6.44. The second-order valence-corrected chi connectivity index (χ2v) is 6.37. The van der Waals surface area contributed by atoms with E-state index in [0.717, 1.165) is 11.6 Å². The monoisotopic (exact) mass is 309 g/mol. The normalized spacial score (nSPS) is 11.4. The molecule has 2 aromatic rings. The highest BCUT2D eigenvalue weighted by Crippen LogP contribution is 2.28. The Morgan fingerprint density at radius 1 is 1.19 bits per heavy atom. The van der Waals surface area contributed by atoms with Crippen molar-refractivity contribution in [2.75, 3.05) is 4.72 Å². The molecule has 0 fully saturated rings. The summed E-state index contributed by atoms with van der Waals surface area (Å²) in [6.45, 7) is 3.50. The molecule has 0 unspecified atom stereocenters. The van der Waals surface area contributed by atoms with E-state index in [1.807, 2.05) is 6.92 Å². The van der Waals surface area contributed by atoms with Crippen molar-refractivity contribution in [2.45, 2.75) is 25.2 Å². The van der Waals surface area contributed by atoms with E-state index in [1.165, 1.54) is 18.2 Å². The van der Waals surface area contributed by atoms with Crippen LogP contribution in [0.15, 0.2) is 41.3 Å². The van der Waals surface area contributed by atoms with Crippen LogP contribution in [-0.4, -0.2) is 13.5 Å². The van der Waals surface area contributed by atoms with Gasteiger partial charge in [0.2, 0.25) is 0 Å². The van der Waals surface area contributed by atoms with Gasteiger partial charge in [-0.2, -0.15) is 0 Å². The van der Waals surface area contributed by atoms with Crippen LogP contribution < -0.4 is 4.72 Å². The molecule has 0 aliphatic heterocycles. The Kier molecular flexibility index (Phi) is 4.18. The van der Waals surface area contributed by atoms with Crippen LogP contribution in [0.1, 0.15) is 18.1 Å². The molecule has 0 spiro atoms. The summed E-state index contributed by atoms with van der Waals surface area (Å²) in [6, 6.07) is 8.24. The van der Waals surface area contributed by atoms with Gasteiger partial charge in [-0.05, 0) is 48.7 Å². The third kappa shape index (κ3) is 3.33. The zero-order chi connectivity index (χ0) is 15.6. The second-order valence-electron chi connectivity index (χ2n) is 4.72. The molecule has 112 valence electrons. The number of rotatable bonds is 4. The fourth-order valence-electron chi connectivity index (χ4n) is 1.95. The van der Waals surface area contributed by atoms with E-state index >= 15 is 0 Å². The minimum Gasteiger partial charge on any atom is -0.506 e. The highest BCUT2D eigenvalue weighted by atomic mass is 32.2. The average Bonchev–Trinajstić information content (AvgIpc) is 2.43. The average molecular weight is 309 g/mol. The highest BCUT2D eigenvalue weighted by Gasteiger charge is 2.19. The number of phenolic OH excluding ortho intramolecular Hbond substituents is 1. The Balaban J connectivity index is 2.44. The predicted molar refractivity (Wildman–Crippen MR) is 79.4 cm³/mol. The van der Waals surface area contributed by atoms with Crippen molar-refractivity contribution in [1.82, 2.24) is 0 Å². The molecule has 21 heavy (non-hydrogen) atoms. The van der Waals surface area contributed by atoms with Crippen molar-refractivity contribution in [3.8, 4) is 5.75 Å². The fourth-order valence-corrected chi connectivity index (χ4v) is 3.27. The summed E-state index contributed by atoms with van der Waals surface area (Å²) in [6.07, 6.45) is 0.702. The van der Waals surface area contributed by atoms with Gasteiger partial charge in [-0.3, -0.25) is 4.72 Å². The molecule has 0 aliphatic carbocycles. The Morgan fingerprint density at radius 3 is 2.57 bits per heavy atom. The van der Waals surface area contributed by atoms with Gasteiger partial charge >= 0.3 is 0 Å². The van der Waals surface area contributed by atoms with Crippen LogP contribution in [0.2, 0.25) is 0 Å². The van der Waals surface area contributed by atoms with Gasteiger partial charge in [0, 0.05) is 0 Å². The van der Waals surface area contributed by atoms with Gasteiger partial charge in [0.25, 0.3) is 10.0 Å². The van der Waals surface area contributed by atoms with Crippen molar-refractivity contribution >= 4 is 15.7 Å². The molecule has 6 heteroatoms. The number of hydrogen-bond donors (Lipinski definition) is 2. The number of aryl methyl sites for hydroxylation is 2. The quantitative estimate of drug-likeness (QED) is 0.852. The van der Waals surface area contributed by atoms with E-state index in [1.54, 1.807) is 19.1 Å². The molecule has 4 nitrogen and oxygen atoms in total. The molecule has 0 amide bonds. The molecule has 0 saturated heterocycles. The molecule has 0 aliphatic rings. The number of phenols is 1. The lowest BCUT2D eigenvalue weighted by Crippen LogP contribution is -2.14. The first-order valence-corrected chi connectivity index (χ1v) is 7.92. The number of nitrogens with one attached hydrogen (secondary N) is 1. The number of hydrogen-bond acceptors (Lipinski definition) is 3. The zero-order valence-electron chi connectivity index (χ0n) is 11.7. The summed E-state index contributed by atoms with van der Waals surface area (Å²) in [5.41, 5.74) is 1.38. The van der Waals surface area contributed by atoms with Crippen molar-refractivity contribution in [3.05, 3.63) is 53.3 Å².